The maximum Gasteiger partial charge on any atom is 0.123 e. The van der Waals surface area contributed by atoms with Crippen molar-refractivity contribution in [2.45, 2.75) is 13.0 Å². The van der Waals surface area contributed by atoms with Gasteiger partial charge in [-0.1, -0.05) is 0 Å². The van der Waals surface area contributed by atoms with E-state index >= 15 is 0 Å². The Morgan fingerprint density at radius 3 is 2.47 bits per heavy atom. The standard InChI is InChI=1S/C11H11NO2S/c1-7(13)10-6-12-11(15-10)8-2-4-9(14)5-3-8/h2-7,13-14H,1H3. The van der Waals surface area contributed by atoms with Crippen molar-refractivity contribution in [1.29, 1.82) is 0 Å². The molecule has 2 rings (SSSR count). The van der Waals surface area contributed by atoms with E-state index in [1.54, 1.807) is 37.4 Å². The van der Waals surface area contributed by atoms with Gasteiger partial charge in [-0.3, -0.25) is 0 Å². The Kier molecular flexibility index (Phi) is 2.70. The third kappa shape index (κ3) is 2.16. The summed E-state index contributed by atoms with van der Waals surface area (Å²) in [5, 5.41) is 19.4. The van der Waals surface area contributed by atoms with Crippen molar-refractivity contribution >= 4 is 11.3 Å². The highest BCUT2D eigenvalue weighted by Gasteiger charge is 2.08. The highest BCUT2D eigenvalue weighted by Crippen LogP contribution is 2.29. The number of aromatic hydroxyl groups is 1. The van der Waals surface area contributed by atoms with Gasteiger partial charge in [0.05, 0.1) is 11.0 Å². The summed E-state index contributed by atoms with van der Waals surface area (Å²) in [5.41, 5.74) is 0.949. The molecule has 1 aromatic heterocycles. The normalized spacial score (nSPS) is 12.7. The van der Waals surface area contributed by atoms with Gasteiger partial charge < -0.3 is 10.2 Å². The molecule has 0 aliphatic carbocycles. The van der Waals surface area contributed by atoms with Gasteiger partial charge in [0.2, 0.25) is 0 Å². The van der Waals surface area contributed by atoms with Crippen molar-refractivity contribution in [1.82, 2.24) is 4.98 Å². The maximum atomic E-state index is 9.36. The fourth-order valence-corrected chi connectivity index (χ4v) is 2.08. The molecule has 1 atom stereocenters. The minimum atomic E-state index is -0.478. The average Bonchev–Trinajstić information content (AvgIpc) is 2.68. The molecular formula is C11H11NO2S. The average molecular weight is 221 g/mol. The number of aromatic nitrogens is 1. The van der Waals surface area contributed by atoms with Gasteiger partial charge in [-0.05, 0) is 31.2 Å². The van der Waals surface area contributed by atoms with Crippen LogP contribution in [0.15, 0.2) is 30.5 Å². The Labute approximate surface area is 91.7 Å². The molecule has 0 bridgehead atoms. The molecule has 0 saturated carbocycles. The molecule has 1 unspecified atom stereocenters. The van der Waals surface area contributed by atoms with E-state index in [1.807, 2.05) is 0 Å². The summed E-state index contributed by atoms with van der Waals surface area (Å²) in [7, 11) is 0. The second-order valence-corrected chi connectivity index (χ2v) is 4.35. The van der Waals surface area contributed by atoms with Crippen LogP contribution in [0.1, 0.15) is 17.9 Å². The number of hydrogen-bond acceptors (Lipinski definition) is 4. The predicted molar refractivity (Wildman–Crippen MR) is 59.8 cm³/mol. The highest BCUT2D eigenvalue weighted by atomic mass is 32.1. The lowest BCUT2D eigenvalue weighted by atomic mass is 10.2. The summed E-state index contributed by atoms with van der Waals surface area (Å²) in [6.07, 6.45) is 1.20. The number of rotatable bonds is 2. The molecular weight excluding hydrogens is 210 g/mol. The lowest BCUT2D eigenvalue weighted by Crippen LogP contribution is -1.83. The van der Waals surface area contributed by atoms with E-state index in [4.69, 9.17) is 5.11 Å². The van der Waals surface area contributed by atoms with Crippen LogP contribution in [0, 0.1) is 0 Å². The van der Waals surface area contributed by atoms with E-state index in [9.17, 15) is 5.11 Å². The number of nitrogens with zero attached hydrogens (tertiary/aromatic N) is 1. The van der Waals surface area contributed by atoms with Crippen LogP contribution in [0.3, 0.4) is 0 Å². The molecule has 0 spiro atoms. The summed E-state index contributed by atoms with van der Waals surface area (Å²) in [4.78, 5) is 5.06. The molecule has 0 aliphatic heterocycles. The molecule has 0 amide bonds. The van der Waals surface area contributed by atoms with Crippen molar-refractivity contribution in [3.63, 3.8) is 0 Å². The lowest BCUT2D eigenvalue weighted by Gasteiger charge is -1.97. The van der Waals surface area contributed by atoms with Crippen molar-refractivity contribution in [3.05, 3.63) is 35.3 Å². The first-order valence-corrected chi connectivity index (χ1v) is 5.41. The van der Waals surface area contributed by atoms with Crippen molar-refractivity contribution in [2.75, 3.05) is 0 Å². The number of phenolic OH excluding ortho intramolecular Hbond substituents is 1. The minimum absolute atomic E-state index is 0.242. The van der Waals surface area contributed by atoms with Gasteiger partial charge in [0.1, 0.15) is 10.8 Å². The van der Waals surface area contributed by atoms with Crippen LogP contribution in [-0.4, -0.2) is 15.2 Å². The highest BCUT2D eigenvalue weighted by molar-refractivity contribution is 7.15. The van der Waals surface area contributed by atoms with Crippen LogP contribution in [0.4, 0.5) is 0 Å². The second-order valence-electron chi connectivity index (χ2n) is 3.29. The SMILES string of the molecule is CC(O)c1cnc(-c2ccc(O)cc2)s1. The van der Waals surface area contributed by atoms with Gasteiger partial charge in [0.15, 0.2) is 0 Å². The predicted octanol–water partition coefficient (Wildman–Crippen LogP) is 2.57. The monoisotopic (exact) mass is 221 g/mol. The first-order chi connectivity index (χ1) is 7.16. The Bertz CT molecular complexity index is 448. The molecule has 3 nitrogen and oxygen atoms in total. The van der Waals surface area contributed by atoms with Crippen LogP contribution >= 0.6 is 11.3 Å². The molecule has 1 aromatic carbocycles. The Morgan fingerprint density at radius 2 is 1.93 bits per heavy atom. The van der Waals surface area contributed by atoms with Gasteiger partial charge in [-0.25, -0.2) is 4.98 Å². The molecule has 2 aromatic rings. The van der Waals surface area contributed by atoms with Crippen molar-refractivity contribution in [3.8, 4) is 16.3 Å². The van der Waals surface area contributed by atoms with E-state index in [-0.39, 0.29) is 5.75 Å². The molecule has 15 heavy (non-hydrogen) atoms. The number of benzene rings is 1. The second kappa shape index (κ2) is 4.00. The topological polar surface area (TPSA) is 53.4 Å². The number of aliphatic hydroxyl groups is 1. The number of aliphatic hydroxyl groups excluding tert-OH is 1. The van der Waals surface area contributed by atoms with Crippen molar-refractivity contribution in [2.24, 2.45) is 0 Å². The van der Waals surface area contributed by atoms with E-state index in [0.717, 1.165) is 15.4 Å². The molecule has 0 saturated heterocycles. The summed E-state index contributed by atoms with van der Waals surface area (Å²) in [6, 6.07) is 6.86. The maximum absolute atomic E-state index is 9.36. The number of thiazole rings is 1. The minimum Gasteiger partial charge on any atom is -0.508 e. The Morgan fingerprint density at radius 1 is 1.27 bits per heavy atom. The molecule has 1 heterocycles. The van der Waals surface area contributed by atoms with Gasteiger partial charge in [-0.2, -0.15) is 0 Å². The molecule has 78 valence electrons. The lowest BCUT2D eigenvalue weighted by molar-refractivity contribution is 0.203. The van der Waals surface area contributed by atoms with Gasteiger partial charge in [0, 0.05) is 11.8 Å². The summed E-state index contributed by atoms with van der Waals surface area (Å²) in [6.45, 7) is 1.72. The number of hydrogen-bond donors (Lipinski definition) is 2. The van der Waals surface area contributed by atoms with Gasteiger partial charge in [0.25, 0.3) is 0 Å². The molecule has 2 N–H and O–H groups in total. The molecule has 4 heteroatoms. The largest absolute Gasteiger partial charge is 0.508 e. The molecule has 0 aliphatic rings. The number of phenols is 1. The third-order valence-corrected chi connectivity index (χ3v) is 3.27. The van der Waals surface area contributed by atoms with Crippen molar-refractivity contribution < 1.29 is 10.2 Å². The fourth-order valence-electron chi connectivity index (χ4n) is 1.22. The van der Waals surface area contributed by atoms with E-state index in [0.29, 0.717) is 0 Å². The summed E-state index contributed by atoms with van der Waals surface area (Å²) in [5.74, 6) is 0.242. The van der Waals surface area contributed by atoms with Crippen LogP contribution in [-0.2, 0) is 0 Å². The van der Waals surface area contributed by atoms with Crippen LogP contribution in [0.5, 0.6) is 5.75 Å². The first kappa shape index (κ1) is 10.1. The smallest absolute Gasteiger partial charge is 0.123 e. The summed E-state index contributed by atoms with van der Waals surface area (Å²) < 4.78 is 0. The first-order valence-electron chi connectivity index (χ1n) is 4.60. The molecule has 0 radical (unpaired) electrons. The van der Waals surface area contributed by atoms with Crippen LogP contribution in [0.25, 0.3) is 10.6 Å². The van der Waals surface area contributed by atoms with E-state index in [1.165, 1.54) is 11.3 Å². The zero-order valence-electron chi connectivity index (χ0n) is 8.21. The fraction of sp³-hybridized carbons (Fsp3) is 0.182. The zero-order chi connectivity index (χ0) is 10.8. The van der Waals surface area contributed by atoms with Crippen LogP contribution in [0.2, 0.25) is 0 Å². The third-order valence-electron chi connectivity index (χ3n) is 2.05. The zero-order valence-corrected chi connectivity index (χ0v) is 9.03. The Balaban J connectivity index is 2.33. The Hall–Kier alpha value is -1.39. The summed E-state index contributed by atoms with van der Waals surface area (Å²) >= 11 is 1.46. The van der Waals surface area contributed by atoms with E-state index < -0.39 is 6.10 Å². The molecule has 0 fully saturated rings. The van der Waals surface area contributed by atoms with Gasteiger partial charge in [-0.15, -0.1) is 11.3 Å². The van der Waals surface area contributed by atoms with E-state index in [2.05, 4.69) is 4.98 Å². The van der Waals surface area contributed by atoms with Crippen LogP contribution < -0.4 is 0 Å². The quantitative estimate of drug-likeness (QED) is 0.819. The van der Waals surface area contributed by atoms with Gasteiger partial charge >= 0.3 is 0 Å².